The predicted molar refractivity (Wildman–Crippen MR) is 135 cm³/mol. The summed E-state index contributed by atoms with van der Waals surface area (Å²) in [5.74, 6) is -0.306. The van der Waals surface area contributed by atoms with E-state index in [1.807, 2.05) is 32.3 Å². The molecule has 180 valence electrons. The molecule has 1 saturated heterocycles. The van der Waals surface area contributed by atoms with Gasteiger partial charge in [0.1, 0.15) is 5.52 Å². The van der Waals surface area contributed by atoms with Crippen LogP contribution in [-0.2, 0) is 7.05 Å². The van der Waals surface area contributed by atoms with E-state index >= 15 is 0 Å². The molecule has 0 bridgehead atoms. The fourth-order valence-electron chi connectivity index (χ4n) is 4.12. The topological polar surface area (TPSA) is 67.5 Å². The van der Waals surface area contributed by atoms with Crippen molar-refractivity contribution in [3.63, 3.8) is 0 Å². The first-order chi connectivity index (χ1) is 16.5. The lowest BCUT2D eigenvalue weighted by Crippen LogP contribution is -2.17. The molecule has 34 heavy (non-hydrogen) atoms. The van der Waals surface area contributed by atoms with Crippen molar-refractivity contribution < 1.29 is 9.18 Å². The molecule has 1 saturated carbocycles. The minimum Gasteiger partial charge on any atom is -0.387 e. The van der Waals surface area contributed by atoms with Crippen molar-refractivity contribution in [1.82, 2.24) is 19.2 Å². The quantitative estimate of drug-likeness (QED) is 0.413. The number of hydrogen-bond donors (Lipinski definition) is 1. The zero-order chi connectivity index (χ0) is 24.1. The number of imidazole rings is 1. The largest absolute Gasteiger partial charge is 0.387 e. The number of anilines is 2. The van der Waals surface area contributed by atoms with E-state index in [2.05, 4.69) is 20.3 Å². The zero-order valence-corrected chi connectivity index (χ0v) is 20.2. The van der Waals surface area contributed by atoms with E-state index in [9.17, 15) is 9.18 Å². The van der Waals surface area contributed by atoms with Gasteiger partial charge in [-0.15, -0.1) is 0 Å². The Morgan fingerprint density at radius 2 is 1.74 bits per heavy atom. The second-order valence-corrected chi connectivity index (χ2v) is 8.91. The van der Waals surface area contributed by atoms with Crippen LogP contribution in [0.4, 0.5) is 15.8 Å². The monoisotopic (exact) mass is 464 g/mol. The highest BCUT2D eigenvalue weighted by Crippen LogP contribution is 2.30. The van der Waals surface area contributed by atoms with Crippen molar-refractivity contribution in [2.75, 3.05) is 30.4 Å². The lowest BCUT2D eigenvalue weighted by molar-refractivity contribution is 0.112. The molecule has 1 N–H and O–H groups in total. The van der Waals surface area contributed by atoms with Crippen LogP contribution >= 0.6 is 0 Å². The Hall–Kier alpha value is -3.42. The second-order valence-electron chi connectivity index (χ2n) is 8.91. The number of benzene rings is 1. The fourth-order valence-corrected chi connectivity index (χ4v) is 4.12. The summed E-state index contributed by atoms with van der Waals surface area (Å²) in [6.45, 7) is 4.04. The molecule has 1 aromatic carbocycles. The molecular weight excluding hydrogens is 431 g/mol. The van der Waals surface area contributed by atoms with Crippen LogP contribution in [0.2, 0.25) is 0 Å². The minimum absolute atomic E-state index is 0.306. The van der Waals surface area contributed by atoms with Crippen molar-refractivity contribution in [1.29, 1.82) is 0 Å². The number of aldehydes is 1. The van der Waals surface area contributed by atoms with Crippen LogP contribution in [0, 0.1) is 12.7 Å². The van der Waals surface area contributed by atoms with Gasteiger partial charge in [-0.25, -0.2) is 9.37 Å². The number of pyridine rings is 1. The molecule has 4 heterocycles. The summed E-state index contributed by atoms with van der Waals surface area (Å²) in [4.78, 5) is 17.4. The molecule has 0 atom stereocenters. The van der Waals surface area contributed by atoms with E-state index < -0.39 is 0 Å². The molecule has 0 amide bonds. The smallest absolute Gasteiger partial charge is 0.173 e. The zero-order valence-electron chi connectivity index (χ0n) is 20.2. The van der Waals surface area contributed by atoms with E-state index in [0.717, 1.165) is 41.7 Å². The van der Waals surface area contributed by atoms with Crippen LogP contribution in [0.3, 0.4) is 0 Å². The van der Waals surface area contributed by atoms with Gasteiger partial charge >= 0.3 is 0 Å². The minimum atomic E-state index is -0.306. The van der Waals surface area contributed by atoms with Gasteiger partial charge in [-0.1, -0.05) is 25.7 Å². The average molecular weight is 465 g/mol. The van der Waals surface area contributed by atoms with Crippen LogP contribution < -0.4 is 10.2 Å². The van der Waals surface area contributed by atoms with Gasteiger partial charge in [-0.3, -0.25) is 9.48 Å². The van der Waals surface area contributed by atoms with Crippen molar-refractivity contribution >= 4 is 34.2 Å². The number of nitrogens with one attached hydrogen (secondary N) is 1. The maximum Gasteiger partial charge on any atom is 0.173 e. The van der Waals surface area contributed by atoms with Crippen molar-refractivity contribution in [3.05, 3.63) is 53.9 Å². The molecule has 3 aromatic heterocycles. The van der Waals surface area contributed by atoms with Crippen LogP contribution in [-0.4, -0.2) is 45.6 Å². The summed E-state index contributed by atoms with van der Waals surface area (Å²) in [5.41, 5.74) is 4.61. The first-order valence-electron chi connectivity index (χ1n) is 12.0. The number of fused-ring (bicyclic) bond motifs is 2. The molecule has 0 radical (unpaired) electrons. The molecule has 2 aliphatic rings. The molecule has 4 aromatic rings. The highest BCUT2D eigenvalue weighted by Gasteiger charge is 2.17. The highest BCUT2D eigenvalue weighted by atomic mass is 19.1. The number of aromatic nitrogens is 4. The summed E-state index contributed by atoms with van der Waals surface area (Å²) in [6.07, 6.45) is 15.0. The number of aryl methyl sites for hydroxylation is 2. The standard InChI is InChI=1S/C13H15N3O.C9H10FN3.C4H8/c1-15-8-11-12(16-6-2-3-7-16)5-4-10(9-17)13(11)14-15;1-6-4-13-5-7(11-2)3-8(10)9(13)12-6;1-2-4-3-1/h4-5,8-9H,2-3,6-7H2,1H3;3-5,11H,1-2H3;1-4H2. The van der Waals surface area contributed by atoms with Crippen LogP contribution in [0.1, 0.15) is 54.6 Å². The van der Waals surface area contributed by atoms with E-state index in [4.69, 9.17) is 0 Å². The first kappa shape index (κ1) is 23.7. The molecule has 8 heteroatoms. The summed E-state index contributed by atoms with van der Waals surface area (Å²) in [5, 5.41) is 8.34. The molecule has 7 nitrogen and oxygen atoms in total. The van der Waals surface area contributed by atoms with Gasteiger partial charge in [-0.2, -0.15) is 5.10 Å². The number of hydrogen-bond acceptors (Lipinski definition) is 5. The third-order valence-corrected chi connectivity index (χ3v) is 6.29. The molecular formula is C26H33FN6O. The summed E-state index contributed by atoms with van der Waals surface area (Å²) in [7, 11) is 3.65. The number of rotatable bonds is 3. The number of carbonyl (C=O) groups excluding carboxylic acids is 1. The van der Waals surface area contributed by atoms with Crippen molar-refractivity contribution in [3.8, 4) is 0 Å². The third kappa shape index (κ3) is 5.21. The van der Waals surface area contributed by atoms with Gasteiger partial charge in [0, 0.05) is 68.5 Å². The van der Waals surface area contributed by atoms with Gasteiger partial charge in [0.15, 0.2) is 17.8 Å². The van der Waals surface area contributed by atoms with Gasteiger partial charge in [-0.05, 0) is 31.9 Å². The van der Waals surface area contributed by atoms with E-state index in [1.165, 1.54) is 50.3 Å². The number of carbonyl (C=O) groups is 1. The van der Waals surface area contributed by atoms with Gasteiger partial charge in [0.25, 0.3) is 0 Å². The highest BCUT2D eigenvalue weighted by molar-refractivity contribution is 6.01. The molecule has 0 spiro atoms. The van der Waals surface area contributed by atoms with Gasteiger partial charge in [0.2, 0.25) is 0 Å². The van der Waals surface area contributed by atoms with Crippen LogP contribution in [0.15, 0.2) is 36.8 Å². The second kappa shape index (κ2) is 10.7. The fraction of sp³-hybridized carbons (Fsp3) is 0.423. The molecule has 1 aliphatic heterocycles. The summed E-state index contributed by atoms with van der Waals surface area (Å²) >= 11 is 0. The Balaban J connectivity index is 0.000000142. The predicted octanol–water partition coefficient (Wildman–Crippen LogP) is 5.37. The third-order valence-electron chi connectivity index (χ3n) is 6.29. The molecule has 2 fully saturated rings. The van der Waals surface area contributed by atoms with Gasteiger partial charge < -0.3 is 14.6 Å². The van der Waals surface area contributed by atoms with Crippen molar-refractivity contribution in [2.45, 2.75) is 45.4 Å². The average Bonchev–Trinajstić information content (AvgIpc) is 3.51. The lowest BCUT2D eigenvalue weighted by atomic mass is 10.0. The maximum absolute atomic E-state index is 13.3. The number of halogens is 1. The Morgan fingerprint density at radius 3 is 2.35 bits per heavy atom. The molecule has 1 aliphatic carbocycles. The van der Waals surface area contributed by atoms with E-state index in [-0.39, 0.29) is 5.82 Å². The Kier molecular flexibility index (Phi) is 7.45. The first-order valence-corrected chi connectivity index (χ1v) is 12.0. The molecule has 6 rings (SSSR count). The Labute approximate surface area is 199 Å². The summed E-state index contributed by atoms with van der Waals surface area (Å²) in [6, 6.07) is 5.34. The van der Waals surface area contributed by atoms with E-state index in [0.29, 0.717) is 11.2 Å². The van der Waals surface area contributed by atoms with E-state index in [1.54, 1.807) is 28.5 Å². The van der Waals surface area contributed by atoms with Crippen LogP contribution in [0.25, 0.3) is 16.6 Å². The lowest BCUT2D eigenvalue weighted by Gasteiger charge is -2.18. The molecule has 0 unspecified atom stereocenters. The SMILES string of the molecule is C1CCC1.CNc1cc(F)c2nc(C)cn2c1.Cn1cc2c(N3CCCC3)ccc(C=O)c2n1. The maximum atomic E-state index is 13.3. The summed E-state index contributed by atoms with van der Waals surface area (Å²) < 4.78 is 16.8. The van der Waals surface area contributed by atoms with Crippen LogP contribution in [0.5, 0.6) is 0 Å². The van der Waals surface area contributed by atoms with Crippen molar-refractivity contribution in [2.24, 2.45) is 7.05 Å². The normalized spacial score (nSPS) is 14.8. The number of nitrogens with zero attached hydrogens (tertiary/aromatic N) is 5. The van der Waals surface area contributed by atoms with Gasteiger partial charge in [0.05, 0.1) is 11.4 Å². The Morgan fingerprint density at radius 1 is 1.03 bits per heavy atom. The Bertz CT molecular complexity index is 1260.